The van der Waals surface area contributed by atoms with E-state index in [0.717, 1.165) is 16.5 Å². The van der Waals surface area contributed by atoms with Crippen molar-refractivity contribution < 1.29 is 9.32 Å². The number of hydrogen-bond donors (Lipinski definition) is 2. The van der Waals surface area contributed by atoms with Gasteiger partial charge in [-0.2, -0.15) is 0 Å². The second-order valence-corrected chi connectivity index (χ2v) is 6.21. The van der Waals surface area contributed by atoms with Gasteiger partial charge in [0, 0.05) is 29.3 Å². The number of amides is 1. The summed E-state index contributed by atoms with van der Waals surface area (Å²) in [5.74, 6) is 0.389. The summed E-state index contributed by atoms with van der Waals surface area (Å²) < 4.78 is 5.30. The Balaban J connectivity index is 1.41. The minimum atomic E-state index is -0.226. The van der Waals surface area contributed by atoms with Gasteiger partial charge < -0.3 is 14.8 Å². The first-order chi connectivity index (χ1) is 13.2. The lowest BCUT2D eigenvalue weighted by Gasteiger charge is -2.05. The molecular weight excluding hydrogens is 342 g/mol. The van der Waals surface area contributed by atoms with Crippen molar-refractivity contribution in [3.05, 3.63) is 88.3 Å². The van der Waals surface area contributed by atoms with Crippen LogP contribution in [-0.4, -0.2) is 16.0 Å². The van der Waals surface area contributed by atoms with Gasteiger partial charge in [0.05, 0.1) is 12.1 Å². The van der Waals surface area contributed by atoms with Gasteiger partial charge in [-0.25, -0.2) is 0 Å². The van der Waals surface area contributed by atoms with Crippen molar-refractivity contribution in [3.8, 4) is 11.3 Å². The van der Waals surface area contributed by atoms with Crippen LogP contribution in [0, 0.1) is 0 Å². The van der Waals surface area contributed by atoms with E-state index in [-0.39, 0.29) is 24.4 Å². The van der Waals surface area contributed by atoms with E-state index in [0.29, 0.717) is 17.0 Å². The molecule has 0 aliphatic rings. The highest BCUT2D eigenvalue weighted by Gasteiger charge is 2.11. The summed E-state index contributed by atoms with van der Waals surface area (Å²) in [6, 6.07) is 20.6. The van der Waals surface area contributed by atoms with E-state index in [1.807, 2.05) is 54.6 Å². The number of hydrogen-bond acceptors (Lipinski definition) is 4. The molecule has 4 rings (SSSR count). The second-order valence-electron chi connectivity index (χ2n) is 6.21. The molecule has 0 aliphatic carbocycles. The molecule has 6 nitrogen and oxygen atoms in total. The van der Waals surface area contributed by atoms with Crippen molar-refractivity contribution in [2.75, 3.05) is 0 Å². The third-order valence-corrected chi connectivity index (χ3v) is 4.27. The zero-order valence-electron chi connectivity index (χ0n) is 14.4. The summed E-state index contributed by atoms with van der Waals surface area (Å²) in [4.78, 5) is 27.2. The van der Waals surface area contributed by atoms with Crippen molar-refractivity contribution >= 4 is 16.8 Å². The average Bonchev–Trinajstić information content (AvgIpc) is 3.15. The minimum Gasteiger partial charge on any atom is -0.356 e. The van der Waals surface area contributed by atoms with Crippen LogP contribution >= 0.6 is 0 Å². The number of nitrogens with zero attached hydrogens (tertiary/aromatic N) is 1. The molecule has 0 spiro atoms. The molecule has 0 fully saturated rings. The molecule has 2 aromatic heterocycles. The molecule has 134 valence electrons. The highest BCUT2D eigenvalue weighted by molar-refractivity contribution is 5.80. The lowest BCUT2D eigenvalue weighted by molar-refractivity contribution is -0.120. The lowest BCUT2D eigenvalue weighted by atomic mass is 10.1. The zero-order valence-corrected chi connectivity index (χ0v) is 14.4. The molecule has 0 saturated heterocycles. The number of fused-ring (bicyclic) bond motifs is 1. The van der Waals surface area contributed by atoms with Crippen LogP contribution in [0.1, 0.15) is 11.3 Å². The Morgan fingerprint density at radius 2 is 1.81 bits per heavy atom. The molecule has 2 heterocycles. The summed E-state index contributed by atoms with van der Waals surface area (Å²) in [7, 11) is 0. The van der Waals surface area contributed by atoms with Gasteiger partial charge in [0.2, 0.25) is 5.91 Å². The summed E-state index contributed by atoms with van der Waals surface area (Å²) in [5, 5.41) is 7.63. The summed E-state index contributed by atoms with van der Waals surface area (Å²) in [6.45, 7) is 0.155. The van der Waals surface area contributed by atoms with Gasteiger partial charge in [-0.15, -0.1) is 0 Å². The molecule has 0 atom stereocenters. The smallest absolute Gasteiger partial charge is 0.253 e. The van der Waals surface area contributed by atoms with E-state index in [9.17, 15) is 9.59 Å². The van der Waals surface area contributed by atoms with Crippen LogP contribution in [0.15, 0.2) is 76.0 Å². The molecule has 4 aromatic rings. The fraction of sp³-hybridized carbons (Fsp3) is 0.0952. The second kappa shape index (κ2) is 7.29. The van der Waals surface area contributed by atoms with Gasteiger partial charge in [0.25, 0.3) is 5.56 Å². The first-order valence-corrected chi connectivity index (χ1v) is 8.58. The average molecular weight is 359 g/mol. The number of rotatable bonds is 5. The Bertz CT molecular complexity index is 1150. The monoisotopic (exact) mass is 359 g/mol. The maximum Gasteiger partial charge on any atom is 0.253 e. The number of aromatic amines is 1. The van der Waals surface area contributed by atoms with Crippen LogP contribution in [0.4, 0.5) is 0 Å². The number of nitrogens with one attached hydrogen (secondary N) is 2. The topological polar surface area (TPSA) is 88.0 Å². The van der Waals surface area contributed by atoms with Crippen LogP contribution in [0.3, 0.4) is 0 Å². The van der Waals surface area contributed by atoms with Gasteiger partial charge in [-0.05, 0) is 17.5 Å². The predicted molar refractivity (Wildman–Crippen MR) is 102 cm³/mol. The van der Waals surface area contributed by atoms with Crippen LogP contribution < -0.4 is 10.9 Å². The Labute approximate surface area is 154 Å². The van der Waals surface area contributed by atoms with E-state index in [1.54, 1.807) is 12.1 Å². The number of carbonyl (C=O) groups excluding carboxylic acids is 1. The summed E-state index contributed by atoms with van der Waals surface area (Å²) in [6.07, 6.45) is 0.0851. The van der Waals surface area contributed by atoms with Crippen molar-refractivity contribution in [2.45, 2.75) is 13.0 Å². The van der Waals surface area contributed by atoms with Gasteiger partial charge in [-0.1, -0.05) is 53.7 Å². The maximum atomic E-state index is 12.2. The summed E-state index contributed by atoms with van der Waals surface area (Å²) >= 11 is 0. The fourth-order valence-electron chi connectivity index (χ4n) is 2.88. The first kappa shape index (κ1) is 16.8. The van der Waals surface area contributed by atoms with Gasteiger partial charge in [0.1, 0.15) is 0 Å². The van der Waals surface area contributed by atoms with Gasteiger partial charge in [0.15, 0.2) is 5.76 Å². The van der Waals surface area contributed by atoms with E-state index >= 15 is 0 Å². The van der Waals surface area contributed by atoms with Crippen LogP contribution in [0.5, 0.6) is 0 Å². The molecule has 0 radical (unpaired) electrons. The molecule has 2 N–H and O–H groups in total. The number of para-hydroxylation sites is 1. The molecule has 6 heteroatoms. The molecule has 0 aliphatic heterocycles. The third kappa shape index (κ3) is 3.79. The largest absolute Gasteiger partial charge is 0.356 e. The molecule has 2 aromatic carbocycles. The van der Waals surface area contributed by atoms with Crippen LogP contribution in [-0.2, 0) is 17.8 Å². The number of pyridine rings is 1. The first-order valence-electron chi connectivity index (χ1n) is 8.58. The van der Waals surface area contributed by atoms with E-state index in [4.69, 9.17) is 4.52 Å². The maximum absolute atomic E-state index is 12.2. The molecule has 0 unspecified atom stereocenters. The van der Waals surface area contributed by atoms with E-state index in [2.05, 4.69) is 15.5 Å². The molecule has 0 saturated carbocycles. The van der Waals surface area contributed by atoms with Crippen LogP contribution in [0.2, 0.25) is 0 Å². The van der Waals surface area contributed by atoms with Crippen LogP contribution in [0.25, 0.3) is 22.2 Å². The van der Waals surface area contributed by atoms with Gasteiger partial charge >= 0.3 is 0 Å². The van der Waals surface area contributed by atoms with Crippen molar-refractivity contribution in [1.82, 2.24) is 15.5 Å². The molecular formula is C21H17N3O3. The van der Waals surface area contributed by atoms with Crippen molar-refractivity contribution in [3.63, 3.8) is 0 Å². The van der Waals surface area contributed by atoms with Crippen molar-refractivity contribution in [1.29, 1.82) is 0 Å². The SMILES string of the molecule is O=C(Cc1cc(-c2ccccc2)on1)NCc1cc2ccccc2[nH]c1=O. The number of carbonyl (C=O) groups is 1. The molecule has 0 bridgehead atoms. The highest BCUT2D eigenvalue weighted by Crippen LogP contribution is 2.19. The van der Waals surface area contributed by atoms with E-state index in [1.165, 1.54) is 0 Å². The lowest BCUT2D eigenvalue weighted by Crippen LogP contribution is -2.28. The zero-order chi connectivity index (χ0) is 18.6. The predicted octanol–water partition coefficient (Wildman–Crippen LogP) is 3.04. The highest BCUT2D eigenvalue weighted by atomic mass is 16.5. The molecule has 1 amide bonds. The normalized spacial score (nSPS) is 10.8. The standard InChI is InChI=1S/C21H17N3O3/c25-20(12-17-11-19(27-24-17)14-6-2-1-3-7-14)22-13-16-10-15-8-4-5-9-18(15)23-21(16)26/h1-11H,12-13H2,(H,22,25)(H,23,26). The number of benzene rings is 2. The minimum absolute atomic E-state index is 0.0851. The Hall–Kier alpha value is -3.67. The Morgan fingerprint density at radius 1 is 1.04 bits per heavy atom. The van der Waals surface area contributed by atoms with E-state index < -0.39 is 0 Å². The quantitative estimate of drug-likeness (QED) is 0.573. The number of H-pyrrole nitrogens is 1. The van der Waals surface area contributed by atoms with Gasteiger partial charge in [-0.3, -0.25) is 9.59 Å². The Morgan fingerprint density at radius 3 is 2.67 bits per heavy atom. The Kier molecular flexibility index (Phi) is 4.53. The van der Waals surface area contributed by atoms with Crippen molar-refractivity contribution in [2.24, 2.45) is 0 Å². The third-order valence-electron chi connectivity index (χ3n) is 4.27. The number of aromatic nitrogens is 2. The summed E-state index contributed by atoms with van der Waals surface area (Å²) in [5.41, 5.74) is 2.51. The fourth-order valence-corrected chi connectivity index (χ4v) is 2.88. The molecule has 27 heavy (non-hydrogen) atoms.